The number of methoxy groups -OCH3 is 1. The van der Waals surface area contributed by atoms with Gasteiger partial charge in [0.2, 0.25) is 0 Å². The molecule has 0 aromatic heterocycles. The third-order valence-corrected chi connectivity index (χ3v) is 5.13. The molecule has 0 N–H and O–H groups in total. The van der Waals surface area contributed by atoms with Crippen molar-refractivity contribution in [3.63, 3.8) is 0 Å². The molecule has 2 nitrogen and oxygen atoms in total. The lowest BCUT2D eigenvalue weighted by Crippen LogP contribution is -2.22. The highest BCUT2D eigenvalue weighted by atomic mass is 32.2. The van der Waals surface area contributed by atoms with Crippen LogP contribution in [0.25, 0.3) is 12.2 Å². The standard InChI is InChI=1S/C19H22O2S/c1-19(2,3)22(20)18-8-6-5-7-16(18)12-9-15-10-13-17(21-4)14-11-15/h5-14H,1-4H3/b12-9+/t22-/m0/s1. The van der Waals surface area contributed by atoms with Crippen molar-refractivity contribution in [3.8, 4) is 5.75 Å². The van der Waals surface area contributed by atoms with E-state index >= 15 is 0 Å². The van der Waals surface area contributed by atoms with Crippen LogP contribution in [-0.4, -0.2) is 16.1 Å². The second-order valence-corrected chi connectivity index (χ2v) is 8.23. The third-order valence-electron chi connectivity index (χ3n) is 3.25. The molecule has 0 radical (unpaired) electrons. The SMILES string of the molecule is COc1ccc(/C=C/c2ccccc2[S@](=O)C(C)(C)C)cc1. The molecular formula is C19H22O2S. The summed E-state index contributed by atoms with van der Waals surface area (Å²) >= 11 is 0. The highest BCUT2D eigenvalue weighted by Crippen LogP contribution is 2.25. The fraction of sp³-hybridized carbons (Fsp3) is 0.263. The number of hydrogen-bond donors (Lipinski definition) is 0. The molecule has 2 aromatic rings. The summed E-state index contributed by atoms with van der Waals surface area (Å²) in [4.78, 5) is 0.875. The summed E-state index contributed by atoms with van der Waals surface area (Å²) in [5.41, 5.74) is 2.07. The number of ether oxygens (including phenoxy) is 1. The topological polar surface area (TPSA) is 26.3 Å². The van der Waals surface area contributed by atoms with E-state index in [1.165, 1.54) is 0 Å². The van der Waals surface area contributed by atoms with E-state index in [1.54, 1.807) is 7.11 Å². The zero-order valence-corrected chi connectivity index (χ0v) is 14.3. The zero-order chi connectivity index (χ0) is 16.2. The van der Waals surface area contributed by atoms with E-state index in [4.69, 9.17) is 4.74 Å². The van der Waals surface area contributed by atoms with Gasteiger partial charge in [0.25, 0.3) is 0 Å². The van der Waals surface area contributed by atoms with E-state index in [-0.39, 0.29) is 4.75 Å². The predicted molar refractivity (Wildman–Crippen MR) is 94.5 cm³/mol. The van der Waals surface area contributed by atoms with Crippen molar-refractivity contribution in [3.05, 3.63) is 59.7 Å². The number of hydrogen-bond acceptors (Lipinski definition) is 2. The van der Waals surface area contributed by atoms with Gasteiger partial charge in [-0.3, -0.25) is 4.21 Å². The van der Waals surface area contributed by atoms with Gasteiger partial charge in [-0.1, -0.05) is 42.5 Å². The van der Waals surface area contributed by atoms with Crippen molar-refractivity contribution in [2.45, 2.75) is 30.4 Å². The first-order chi connectivity index (χ1) is 10.4. The van der Waals surface area contributed by atoms with Gasteiger partial charge in [-0.25, -0.2) is 0 Å². The Balaban J connectivity index is 2.29. The van der Waals surface area contributed by atoms with Gasteiger partial charge >= 0.3 is 0 Å². The molecule has 116 valence electrons. The Labute approximate surface area is 135 Å². The summed E-state index contributed by atoms with van der Waals surface area (Å²) in [6.45, 7) is 5.98. The summed E-state index contributed by atoms with van der Waals surface area (Å²) in [7, 11) is 0.609. The Bertz CT molecular complexity index is 679. The quantitative estimate of drug-likeness (QED) is 0.760. The van der Waals surface area contributed by atoms with Gasteiger partial charge in [-0.15, -0.1) is 0 Å². The smallest absolute Gasteiger partial charge is 0.118 e. The van der Waals surface area contributed by atoms with Crippen LogP contribution in [0, 0.1) is 0 Å². The molecule has 0 bridgehead atoms. The van der Waals surface area contributed by atoms with Crippen LogP contribution in [0.4, 0.5) is 0 Å². The Hall–Kier alpha value is -1.87. The van der Waals surface area contributed by atoms with Crippen molar-refractivity contribution in [2.75, 3.05) is 7.11 Å². The molecule has 2 rings (SSSR count). The summed E-state index contributed by atoms with van der Waals surface area (Å²) in [6, 6.07) is 15.7. The molecule has 1 atom stereocenters. The molecule has 2 aromatic carbocycles. The third kappa shape index (κ3) is 4.08. The van der Waals surface area contributed by atoms with E-state index < -0.39 is 10.8 Å². The van der Waals surface area contributed by atoms with Crippen molar-refractivity contribution in [2.24, 2.45) is 0 Å². The number of benzene rings is 2. The van der Waals surface area contributed by atoms with E-state index in [2.05, 4.69) is 0 Å². The van der Waals surface area contributed by atoms with Gasteiger partial charge in [0.15, 0.2) is 0 Å². The van der Waals surface area contributed by atoms with Gasteiger partial charge in [0.05, 0.1) is 17.9 Å². The lowest BCUT2D eigenvalue weighted by molar-refractivity contribution is 0.415. The highest BCUT2D eigenvalue weighted by Gasteiger charge is 2.22. The predicted octanol–water partition coefficient (Wildman–Crippen LogP) is 4.77. The van der Waals surface area contributed by atoms with Crippen LogP contribution in [0.5, 0.6) is 5.75 Å². The lowest BCUT2D eigenvalue weighted by Gasteiger charge is -2.19. The van der Waals surface area contributed by atoms with Crippen LogP contribution in [0.15, 0.2) is 53.4 Å². The van der Waals surface area contributed by atoms with E-state index in [1.807, 2.05) is 81.5 Å². The fourth-order valence-electron chi connectivity index (χ4n) is 2.02. The molecule has 0 aliphatic carbocycles. The molecule has 0 amide bonds. The average molecular weight is 314 g/mol. The fourth-order valence-corrected chi connectivity index (χ4v) is 3.23. The molecule has 0 saturated carbocycles. The van der Waals surface area contributed by atoms with Gasteiger partial charge in [0.1, 0.15) is 5.75 Å². The summed E-state index contributed by atoms with van der Waals surface area (Å²) < 4.78 is 17.5. The minimum atomic E-state index is -1.05. The molecule has 0 fully saturated rings. The Morgan fingerprint density at radius 1 is 0.955 bits per heavy atom. The lowest BCUT2D eigenvalue weighted by atomic mass is 10.1. The minimum Gasteiger partial charge on any atom is -0.497 e. The highest BCUT2D eigenvalue weighted by molar-refractivity contribution is 7.86. The molecular weight excluding hydrogens is 292 g/mol. The summed E-state index contributed by atoms with van der Waals surface area (Å²) in [6.07, 6.45) is 4.04. The molecule has 22 heavy (non-hydrogen) atoms. The van der Waals surface area contributed by atoms with Crippen LogP contribution in [0.2, 0.25) is 0 Å². The van der Waals surface area contributed by atoms with Crippen LogP contribution >= 0.6 is 0 Å². The van der Waals surface area contributed by atoms with Gasteiger partial charge < -0.3 is 4.74 Å². The summed E-state index contributed by atoms with van der Waals surface area (Å²) in [5, 5.41) is 0. The molecule has 0 spiro atoms. The Morgan fingerprint density at radius 2 is 1.59 bits per heavy atom. The van der Waals surface area contributed by atoms with Gasteiger partial charge in [0, 0.05) is 9.64 Å². The molecule has 0 aliphatic heterocycles. The Kier molecular flexibility index (Phi) is 5.19. The summed E-state index contributed by atoms with van der Waals surface area (Å²) in [5.74, 6) is 0.839. The normalized spacial score (nSPS) is 13.3. The van der Waals surface area contributed by atoms with Crippen LogP contribution in [0.3, 0.4) is 0 Å². The monoisotopic (exact) mass is 314 g/mol. The Morgan fingerprint density at radius 3 is 2.18 bits per heavy atom. The van der Waals surface area contributed by atoms with Crippen molar-refractivity contribution in [1.29, 1.82) is 0 Å². The first-order valence-electron chi connectivity index (χ1n) is 7.25. The average Bonchev–Trinajstić information content (AvgIpc) is 2.52. The maximum Gasteiger partial charge on any atom is 0.118 e. The molecule has 0 unspecified atom stereocenters. The minimum absolute atomic E-state index is 0.274. The van der Waals surface area contributed by atoms with Crippen molar-refractivity contribution >= 4 is 23.0 Å². The molecule has 0 saturated heterocycles. The van der Waals surface area contributed by atoms with Crippen molar-refractivity contribution < 1.29 is 8.95 Å². The maximum atomic E-state index is 12.6. The molecule has 0 aliphatic rings. The first-order valence-corrected chi connectivity index (χ1v) is 8.40. The van der Waals surface area contributed by atoms with Gasteiger partial charge in [-0.05, 0) is 50.1 Å². The maximum absolute atomic E-state index is 12.6. The van der Waals surface area contributed by atoms with Crippen LogP contribution in [-0.2, 0) is 10.8 Å². The van der Waals surface area contributed by atoms with Crippen molar-refractivity contribution in [1.82, 2.24) is 0 Å². The zero-order valence-electron chi connectivity index (χ0n) is 13.5. The van der Waals surface area contributed by atoms with Crippen LogP contribution < -0.4 is 4.74 Å². The molecule has 3 heteroatoms. The first kappa shape index (κ1) is 16.5. The second kappa shape index (κ2) is 6.93. The van der Waals surface area contributed by atoms with Crippen LogP contribution in [0.1, 0.15) is 31.9 Å². The van der Waals surface area contributed by atoms with E-state index in [9.17, 15) is 4.21 Å². The molecule has 0 heterocycles. The second-order valence-electron chi connectivity index (χ2n) is 6.03. The van der Waals surface area contributed by atoms with E-state index in [0.717, 1.165) is 21.8 Å². The van der Waals surface area contributed by atoms with E-state index in [0.29, 0.717) is 0 Å². The largest absolute Gasteiger partial charge is 0.497 e. The van der Waals surface area contributed by atoms with Gasteiger partial charge in [-0.2, -0.15) is 0 Å². The number of rotatable bonds is 4.